The highest BCUT2D eigenvalue weighted by atomic mass is 32.1. The Morgan fingerprint density at radius 2 is 2.29 bits per heavy atom. The van der Waals surface area contributed by atoms with Crippen LogP contribution >= 0.6 is 11.3 Å². The van der Waals surface area contributed by atoms with Crippen molar-refractivity contribution in [2.45, 2.75) is 32.3 Å². The van der Waals surface area contributed by atoms with Gasteiger partial charge in [-0.3, -0.25) is 4.79 Å². The summed E-state index contributed by atoms with van der Waals surface area (Å²) in [6.07, 6.45) is 2.43. The molecule has 0 saturated heterocycles. The monoisotopic (exact) mass is 253 g/mol. The molecular weight excluding hydrogens is 234 g/mol. The first-order valence-corrected chi connectivity index (χ1v) is 6.99. The Labute approximate surface area is 106 Å². The number of aliphatic hydroxyl groups excluding tert-OH is 1. The predicted octanol–water partition coefficient (Wildman–Crippen LogP) is 2.15. The van der Waals surface area contributed by atoms with Crippen molar-refractivity contribution < 1.29 is 9.90 Å². The molecule has 1 amide bonds. The molecule has 17 heavy (non-hydrogen) atoms. The molecule has 1 aliphatic carbocycles. The van der Waals surface area contributed by atoms with Crippen LogP contribution in [0, 0.1) is 5.92 Å². The second kappa shape index (κ2) is 5.19. The number of thiophene rings is 1. The van der Waals surface area contributed by atoms with Gasteiger partial charge in [0, 0.05) is 13.6 Å². The molecule has 1 saturated carbocycles. The molecule has 1 N–H and O–H groups in total. The molecule has 4 heteroatoms. The maximum atomic E-state index is 12.2. The van der Waals surface area contributed by atoms with Gasteiger partial charge in [0.15, 0.2) is 0 Å². The van der Waals surface area contributed by atoms with Crippen molar-refractivity contribution in [1.29, 1.82) is 0 Å². The van der Waals surface area contributed by atoms with Gasteiger partial charge in [-0.05, 0) is 42.2 Å². The highest BCUT2D eigenvalue weighted by Crippen LogP contribution is 2.28. The third kappa shape index (κ3) is 2.69. The average Bonchev–Trinajstić information content (AvgIpc) is 2.73. The molecule has 0 radical (unpaired) electrons. The first kappa shape index (κ1) is 12.6. The minimum Gasteiger partial charge on any atom is -0.393 e. The molecule has 1 aromatic heterocycles. The first-order chi connectivity index (χ1) is 8.11. The zero-order chi connectivity index (χ0) is 12.4. The highest BCUT2D eigenvalue weighted by molar-refractivity contribution is 7.12. The summed E-state index contributed by atoms with van der Waals surface area (Å²) in [4.78, 5) is 14.9. The average molecular weight is 253 g/mol. The smallest absolute Gasteiger partial charge is 0.263 e. The van der Waals surface area contributed by atoms with Crippen molar-refractivity contribution in [1.82, 2.24) is 4.90 Å². The summed E-state index contributed by atoms with van der Waals surface area (Å²) in [6, 6.07) is 2.03. The molecule has 1 aromatic rings. The van der Waals surface area contributed by atoms with Crippen molar-refractivity contribution in [3.8, 4) is 0 Å². The number of hydrogen-bond donors (Lipinski definition) is 1. The van der Waals surface area contributed by atoms with Crippen molar-refractivity contribution in [3.05, 3.63) is 21.9 Å². The zero-order valence-corrected chi connectivity index (χ0v) is 11.2. The van der Waals surface area contributed by atoms with Gasteiger partial charge in [0.1, 0.15) is 0 Å². The standard InChI is InChI=1S/C13H19NO2S/c1-3-10-4-5-17-12(10)13(16)14(2)8-9-6-11(15)7-9/h4-5,9,11,15H,3,6-8H2,1-2H3. The third-order valence-electron chi connectivity index (χ3n) is 3.41. The lowest BCUT2D eigenvalue weighted by Gasteiger charge is -2.34. The summed E-state index contributed by atoms with van der Waals surface area (Å²) >= 11 is 1.52. The molecule has 0 bridgehead atoms. The molecule has 94 valence electrons. The van der Waals surface area contributed by atoms with Gasteiger partial charge in [0.2, 0.25) is 0 Å². The molecule has 0 spiro atoms. The predicted molar refractivity (Wildman–Crippen MR) is 69.4 cm³/mol. The van der Waals surface area contributed by atoms with Gasteiger partial charge >= 0.3 is 0 Å². The molecule has 1 fully saturated rings. The normalized spacial score (nSPS) is 23.2. The fourth-order valence-electron chi connectivity index (χ4n) is 2.29. The van der Waals surface area contributed by atoms with Gasteiger partial charge < -0.3 is 10.0 Å². The number of aryl methyl sites for hydroxylation is 1. The van der Waals surface area contributed by atoms with Crippen molar-refractivity contribution in [2.24, 2.45) is 5.92 Å². The number of rotatable bonds is 4. The summed E-state index contributed by atoms with van der Waals surface area (Å²) < 4.78 is 0. The molecule has 0 aromatic carbocycles. The first-order valence-electron chi connectivity index (χ1n) is 6.11. The lowest BCUT2D eigenvalue weighted by molar-refractivity contribution is 0.0266. The largest absolute Gasteiger partial charge is 0.393 e. The Hall–Kier alpha value is -0.870. The van der Waals surface area contributed by atoms with E-state index in [4.69, 9.17) is 0 Å². The van der Waals surface area contributed by atoms with Crippen molar-refractivity contribution >= 4 is 17.2 Å². The van der Waals surface area contributed by atoms with Gasteiger partial charge in [0.05, 0.1) is 11.0 Å². The summed E-state index contributed by atoms with van der Waals surface area (Å²) in [5.41, 5.74) is 1.14. The van der Waals surface area contributed by atoms with E-state index >= 15 is 0 Å². The molecular formula is C13H19NO2S. The van der Waals surface area contributed by atoms with E-state index in [1.54, 1.807) is 4.90 Å². The summed E-state index contributed by atoms with van der Waals surface area (Å²) in [6.45, 7) is 2.83. The van der Waals surface area contributed by atoms with Gasteiger partial charge in [-0.2, -0.15) is 0 Å². The minimum absolute atomic E-state index is 0.123. The third-order valence-corrected chi connectivity index (χ3v) is 4.36. The molecule has 0 atom stereocenters. The van der Waals surface area contributed by atoms with E-state index in [1.807, 2.05) is 18.5 Å². The van der Waals surface area contributed by atoms with Crippen LogP contribution in [0.1, 0.15) is 35.0 Å². The van der Waals surface area contributed by atoms with Crippen LogP contribution in [0.2, 0.25) is 0 Å². The number of hydrogen-bond acceptors (Lipinski definition) is 3. The van der Waals surface area contributed by atoms with E-state index < -0.39 is 0 Å². The number of carbonyl (C=O) groups is 1. The fraction of sp³-hybridized carbons (Fsp3) is 0.615. The number of aliphatic hydroxyl groups is 1. The Kier molecular flexibility index (Phi) is 3.84. The summed E-state index contributed by atoms with van der Waals surface area (Å²) in [7, 11) is 1.85. The van der Waals surface area contributed by atoms with E-state index in [0.717, 1.165) is 36.2 Å². The van der Waals surface area contributed by atoms with Gasteiger partial charge in [-0.1, -0.05) is 6.92 Å². The molecule has 0 unspecified atom stereocenters. The van der Waals surface area contributed by atoms with E-state index in [2.05, 4.69) is 6.92 Å². The minimum atomic E-state index is -0.142. The Morgan fingerprint density at radius 1 is 1.59 bits per heavy atom. The maximum absolute atomic E-state index is 12.2. The summed E-state index contributed by atoms with van der Waals surface area (Å²) in [5, 5.41) is 11.2. The van der Waals surface area contributed by atoms with Crippen LogP contribution in [0.5, 0.6) is 0 Å². The number of amides is 1. The second-order valence-electron chi connectivity index (χ2n) is 4.81. The van der Waals surface area contributed by atoms with Crippen LogP contribution in [0.25, 0.3) is 0 Å². The highest BCUT2D eigenvalue weighted by Gasteiger charge is 2.29. The lowest BCUT2D eigenvalue weighted by Crippen LogP contribution is -2.39. The molecule has 3 nitrogen and oxygen atoms in total. The topological polar surface area (TPSA) is 40.5 Å². The van der Waals surface area contributed by atoms with Crippen molar-refractivity contribution in [2.75, 3.05) is 13.6 Å². The van der Waals surface area contributed by atoms with Gasteiger partial charge in [0.25, 0.3) is 5.91 Å². The van der Waals surface area contributed by atoms with Crippen molar-refractivity contribution in [3.63, 3.8) is 0 Å². The fourth-order valence-corrected chi connectivity index (χ4v) is 3.28. The molecule has 0 aliphatic heterocycles. The van der Waals surface area contributed by atoms with Crippen LogP contribution in [-0.4, -0.2) is 35.6 Å². The zero-order valence-electron chi connectivity index (χ0n) is 10.3. The van der Waals surface area contributed by atoms with Crippen LogP contribution < -0.4 is 0 Å². The molecule has 1 aliphatic rings. The van der Waals surface area contributed by atoms with Crippen LogP contribution in [0.4, 0.5) is 0 Å². The quantitative estimate of drug-likeness (QED) is 0.893. The Bertz CT molecular complexity index is 396. The van der Waals surface area contributed by atoms with Gasteiger partial charge in [-0.15, -0.1) is 11.3 Å². The van der Waals surface area contributed by atoms with E-state index in [1.165, 1.54) is 11.3 Å². The summed E-state index contributed by atoms with van der Waals surface area (Å²) in [5.74, 6) is 0.599. The van der Waals surface area contributed by atoms with Crippen LogP contribution in [-0.2, 0) is 6.42 Å². The Balaban J connectivity index is 1.95. The molecule has 1 heterocycles. The van der Waals surface area contributed by atoms with E-state index in [0.29, 0.717) is 5.92 Å². The second-order valence-corrected chi connectivity index (χ2v) is 5.72. The lowest BCUT2D eigenvalue weighted by atomic mass is 9.82. The van der Waals surface area contributed by atoms with Crippen LogP contribution in [0.3, 0.4) is 0 Å². The number of carbonyl (C=O) groups excluding carboxylic acids is 1. The van der Waals surface area contributed by atoms with E-state index in [9.17, 15) is 9.90 Å². The maximum Gasteiger partial charge on any atom is 0.263 e. The van der Waals surface area contributed by atoms with E-state index in [-0.39, 0.29) is 12.0 Å². The number of nitrogens with zero attached hydrogens (tertiary/aromatic N) is 1. The SMILES string of the molecule is CCc1ccsc1C(=O)N(C)CC1CC(O)C1. The van der Waals surface area contributed by atoms with Gasteiger partial charge in [-0.25, -0.2) is 0 Å². The van der Waals surface area contributed by atoms with Crippen LogP contribution in [0.15, 0.2) is 11.4 Å². The molecule has 2 rings (SSSR count). The Morgan fingerprint density at radius 3 is 2.88 bits per heavy atom.